The lowest BCUT2D eigenvalue weighted by Crippen LogP contribution is -2.28. The van der Waals surface area contributed by atoms with E-state index in [4.69, 9.17) is 18.9 Å². The van der Waals surface area contributed by atoms with Crippen molar-refractivity contribution in [1.82, 2.24) is 4.98 Å². The van der Waals surface area contributed by atoms with E-state index in [2.05, 4.69) is 4.98 Å². The molecule has 0 saturated carbocycles. The molecular weight excluding hydrogens is 378 g/mol. The molecule has 0 spiro atoms. The van der Waals surface area contributed by atoms with Gasteiger partial charge >= 0.3 is 5.97 Å². The molecule has 1 aliphatic carbocycles. The van der Waals surface area contributed by atoms with Crippen LogP contribution in [0.25, 0.3) is 0 Å². The first-order valence-corrected chi connectivity index (χ1v) is 9.20. The van der Waals surface area contributed by atoms with Gasteiger partial charge < -0.3 is 23.9 Å². The Labute approximate surface area is 167 Å². The van der Waals surface area contributed by atoms with Gasteiger partial charge in [0.25, 0.3) is 5.56 Å². The number of nitrogens with one attached hydrogen (secondary N) is 1. The van der Waals surface area contributed by atoms with E-state index in [-0.39, 0.29) is 30.3 Å². The van der Waals surface area contributed by atoms with E-state index < -0.39 is 11.5 Å². The molecule has 0 unspecified atom stereocenters. The second-order valence-corrected chi connectivity index (χ2v) is 6.58. The molecule has 8 heteroatoms. The summed E-state index contributed by atoms with van der Waals surface area (Å²) in [5.41, 5.74) is 0.861. The predicted molar refractivity (Wildman–Crippen MR) is 105 cm³/mol. The third kappa shape index (κ3) is 3.70. The van der Waals surface area contributed by atoms with Crippen LogP contribution in [0.3, 0.4) is 0 Å². The maximum atomic E-state index is 12.8. The van der Waals surface area contributed by atoms with Crippen LogP contribution in [0.1, 0.15) is 51.2 Å². The molecule has 0 aliphatic heterocycles. The quantitative estimate of drug-likeness (QED) is 0.742. The summed E-state index contributed by atoms with van der Waals surface area (Å²) >= 11 is 0. The van der Waals surface area contributed by atoms with Crippen molar-refractivity contribution in [3.05, 3.63) is 50.9 Å². The predicted octanol–water partition coefficient (Wildman–Crippen LogP) is 2.49. The van der Waals surface area contributed by atoms with Crippen molar-refractivity contribution in [2.75, 3.05) is 27.9 Å². The molecule has 29 heavy (non-hydrogen) atoms. The fourth-order valence-electron chi connectivity index (χ4n) is 3.66. The largest absolute Gasteiger partial charge is 0.493 e. The van der Waals surface area contributed by atoms with E-state index in [1.165, 1.54) is 27.4 Å². The average Bonchev–Trinajstić information content (AvgIpc) is 2.71. The topological polar surface area (TPSA) is 104 Å². The van der Waals surface area contributed by atoms with Gasteiger partial charge in [-0.3, -0.25) is 9.59 Å². The van der Waals surface area contributed by atoms with Gasteiger partial charge in [-0.05, 0) is 25.5 Å². The summed E-state index contributed by atoms with van der Waals surface area (Å²) in [6, 6.07) is 4.91. The number of H-pyrrole nitrogens is 1. The summed E-state index contributed by atoms with van der Waals surface area (Å²) in [4.78, 5) is 39.8. The van der Waals surface area contributed by atoms with Crippen molar-refractivity contribution < 1.29 is 28.5 Å². The molecule has 1 atom stereocenters. The number of carbonyl (C=O) groups excluding carboxylic acids is 2. The monoisotopic (exact) mass is 401 g/mol. The standard InChI is InChI=1S/C21H23NO7/c1-5-29-21(25)14-10-13-15(22-20(14)24)8-11(9-16(13)23)12-6-7-17(26-2)19(28-4)18(12)27-3/h6-7,10-11H,5,8-9H2,1-4H3,(H,22,24)/t11-/m1/s1. The molecule has 1 heterocycles. The summed E-state index contributed by atoms with van der Waals surface area (Å²) in [7, 11) is 4.57. The third-order valence-corrected chi connectivity index (χ3v) is 4.98. The number of benzene rings is 1. The minimum atomic E-state index is -0.743. The lowest BCUT2D eigenvalue weighted by atomic mass is 9.81. The molecule has 154 valence electrons. The van der Waals surface area contributed by atoms with Crippen molar-refractivity contribution in [3.63, 3.8) is 0 Å². The molecule has 1 aromatic heterocycles. The van der Waals surface area contributed by atoms with Crippen LogP contribution in [0.15, 0.2) is 23.0 Å². The summed E-state index contributed by atoms with van der Waals surface area (Å²) in [6.45, 7) is 1.79. The van der Waals surface area contributed by atoms with Crippen molar-refractivity contribution in [2.24, 2.45) is 0 Å². The Morgan fingerprint density at radius 1 is 1.07 bits per heavy atom. The molecule has 3 rings (SSSR count). The number of hydrogen-bond donors (Lipinski definition) is 1. The third-order valence-electron chi connectivity index (χ3n) is 4.98. The Balaban J connectivity index is 2.03. The molecule has 1 aliphatic rings. The van der Waals surface area contributed by atoms with Gasteiger partial charge in [0.15, 0.2) is 17.3 Å². The highest BCUT2D eigenvalue weighted by Gasteiger charge is 2.32. The second kappa shape index (κ2) is 8.38. The van der Waals surface area contributed by atoms with E-state index in [0.29, 0.717) is 34.9 Å². The summed E-state index contributed by atoms with van der Waals surface area (Å²) in [5.74, 6) is 0.301. The Kier molecular flexibility index (Phi) is 5.91. The molecule has 8 nitrogen and oxygen atoms in total. The molecule has 0 bridgehead atoms. The van der Waals surface area contributed by atoms with Crippen LogP contribution in [-0.2, 0) is 11.2 Å². The van der Waals surface area contributed by atoms with Gasteiger partial charge in [-0.2, -0.15) is 0 Å². The number of methoxy groups -OCH3 is 3. The molecule has 0 radical (unpaired) electrons. The van der Waals surface area contributed by atoms with E-state index in [9.17, 15) is 14.4 Å². The Morgan fingerprint density at radius 3 is 2.41 bits per heavy atom. The number of rotatable bonds is 6. The highest BCUT2D eigenvalue weighted by atomic mass is 16.5. The van der Waals surface area contributed by atoms with Gasteiger partial charge in [-0.15, -0.1) is 0 Å². The van der Waals surface area contributed by atoms with Crippen LogP contribution < -0.4 is 19.8 Å². The van der Waals surface area contributed by atoms with Crippen LogP contribution in [0.5, 0.6) is 17.2 Å². The van der Waals surface area contributed by atoms with Gasteiger partial charge in [0.05, 0.1) is 27.9 Å². The Morgan fingerprint density at radius 2 is 1.79 bits per heavy atom. The highest BCUT2D eigenvalue weighted by Crippen LogP contribution is 2.45. The normalized spacial score (nSPS) is 15.4. The van der Waals surface area contributed by atoms with Gasteiger partial charge in [0.2, 0.25) is 5.75 Å². The van der Waals surface area contributed by atoms with Gasteiger partial charge in [-0.1, -0.05) is 6.07 Å². The van der Waals surface area contributed by atoms with E-state index in [0.717, 1.165) is 5.56 Å². The van der Waals surface area contributed by atoms with Crippen molar-refractivity contribution >= 4 is 11.8 Å². The molecule has 0 amide bonds. The minimum Gasteiger partial charge on any atom is -0.493 e. The SMILES string of the molecule is CCOC(=O)c1cc2c([nH]c1=O)C[C@@H](c1ccc(OC)c(OC)c1OC)CC2=O. The maximum Gasteiger partial charge on any atom is 0.343 e. The number of aromatic nitrogens is 1. The second-order valence-electron chi connectivity index (χ2n) is 6.58. The molecule has 0 saturated heterocycles. The first kappa shape index (κ1) is 20.4. The van der Waals surface area contributed by atoms with Crippen molar-refractivity contribution in [2.45, 2.75) is 25.7 Å². The zero-order valence-corrected chi connectivity index (χ0v) is 16.8. The summed E-state index contributed by atoms with van der Waals surface area (Å²) < 4.78 is 21.2. The number of ether oxygens (including phenoxy) is 4. The van der Waals surface area contributed by atoms with E-state index in [1.807, 2.05) is 6.07 Å². The molecule has 1 aromatic carbocycles. The first-order valence-electron chi connectivity index (χ1n) is 9.20. The number of hydrogen-bond acceptors (Lipinski definition) is 7. The molecule has 0 fully saturated rings. The Bertz CT molecular complexity index is 1010. The van der Waals surface area contributed by atoms with E-state index >= 15 is 0 Å². The van der Waals surface area contributed by atoms with Crippen LogP contribution in [-0.4, -0.2) is 44.7 Å². The summed E-state index contributed by atoms with van der Waals surface area (Å²) in [6.07, 6.45) is 0.610. The fraction of sp³-hybridized carbons (Fsp3) is 0.381. The van der Waals surface area contributed by atoms with Crippen LogP contribution in [0.2, 0.25) is 0 Å². The summed E-state index contributed by atoms with van der Waals surface area (Å²) in [5, 5.41) is 0. The van der Waals surface area contributed by atoms with Crippen molar-refractivity contribution in [1.29, 1.82) is 0 Å². The highest BCUT2D eigenvalue weighted by molar-refractivity contribution is 6.01. The maximum absolute atomic E-state index is 12.8. The van der Waals surface area contributed by atoms with E-state index in [1.54, 1.807) is 13.0 Å². The van der Waals surface area contributed by atoms with Gasteiger partial charge in [-0.25, -0.2) is 4.79 Å². The lowest BCUT2D eigenvalue weighted by molar-refractivity contribution is 0.0524. The Hall–Kier alpha value is -3.29. The van der Waals surface area contributed by atoms with Gasteiger partial charge in [0.1, 0.15) is 5.56 Å². The first-order chi connectivity index (χ1) is 13.9. The number of fused-ring (bicyclic) bond motifs is 1. The number of carbonyl (C=O) groups is 2. The number of esters is 1. The minimum absolute atomic E-state index is 0.143. The number of Topliss-reactive ketones (excluding diaryl/α,β-unsaturated/α-hetero) is 1. The zero-order valence-electron chi connectivity index (χ0n) is 16.8. The molecule has 1 N–H and O–H groups in total. The van der Waals surface area contributed by atoms with Crippen molar-refractivity contribution in [3.8, 4) is 17.2 Å². The van der Waals surface area contributed by atoms with Crippen LogP contribution in [0, 0.1) is 0 Å². The van der Waals surface area contributed by atoms with Gasteiger partial charge in [0, 0.05) is 29.2 Å². The van der Waals surface area contributed by atoms with Crippen LogP contribution >= 0.6 is 0 Å². The van der Waals surface area contributed by atoms with Crippen LogP contribution in [0.4, 0.5) is 0 Å². The number of ketones is 1. The fourth-order valence-corrected chi connectivity index (χ4v) is 3.66. The molecule has 2 aromatic rings. The average molecular weight is 401 g/mol. The number of pyridine rings is 1. The smallest absolute Gasteiger partial charge is 0.343 e. The number of aromatic amines is 1. The zero-order chi connectivity index (χ0) is 21.1. The lowest BCUT2D eigenvalue weighted by Gasteiger charge is -2.26. The molecular formula is C21H23NO7.